The summed E-state index contributed by atoms with van der Waals surface area (Å²) in [6.45, 7) is 3.35. The van der Waals surface area contributed by atoms with Gasteiger partial charge in [-0.3, -0.25) is 14.5 Å². The molecule has 24 heavy (non-hydrogen) atoms. The van der Waals surface area contributed by atoms with Crippen molar-refractivity contribution in [1.82, 2.24) is 4.90 Å². The van der Waals surface area contributed by atoms with Gasteiger partial charge < -0.3 is 15.2 Å². The molecular weight excluding hydrogens is 308 g/mol. The molecular formula is C18H28N2O4. The lowest BCUT2D eigenvalue weighted by molar-refractivity contribution is -0.145. The highest BCUT2D eigenvalue weighted by Gasteiger charge is 2.08. The summed E-state index contributed by atoms with van der Waals surface area (Å²) in [5.74, 6) is -0.263. The minimum Gasteiger partial charge on any atom is -0.484 e. The molecule has 0 saturated heterocycles. The van der Waals surface area contributed by atoms with Crippen LogP contribution in [0.4, 0.5) is 0 Å². The van der Waals surface area contributed by atoms with Crippen molar-refractivity contribution >= 4 is 11.9 Å². The Morgan fingerprint density at radius 2 is 2.00 bits per heavy atom. The molecule has 0 heterocycles. The van der Waals surface area contributed by atoms with E-state index in [0.717, 1.165) is 18.5 Å². The molecule has 1 aromatic rings. The van der Waals surface area contributed by atoms with E-state index < -0.39 is 5.91 Å². The van der Waals surface area contributed by atoms with Gasteiger partial charge in [0.15, 0.2) is 6.61 Å². The van der Waals surface area contributed by atoms with Crippen molar-refractivity contribution in [2.24, 2.45) is 5.73 Å². The summed E-state index contributed by atoms with van der Waals surface area (Å²) < 4.78 is 10.5. The van der Waals surface area contributed by atoms with Crippen LogP contribution >= 0.6 is 0 Å². The second kappa shape index (κ2) is 11.5. The predicted octanol–water partition coefficient (Wildman–Crippen LogP) is 2.11. The zero-order chi connectivity index (χ0) is 17.8. The number of amides is 1. The van der Waals surface area contributed by atoms with Gasteiger partial charge >= 0.3 is 5.97 Å². The van der Waals surface area contributed by atoms with Crippen molar-refractivity contribution in [3.63, 3.8) is 0 Å². The number of rotatable bonds is 12. The second-order valence-electron chi connectivity index (χ2n) is 5.86. The Kier molecular flexibility index (Phi) is 9.53. The number of primary amides is 1. The van der Waals surface area contributed by atoms with Crippen LogP contribution < -0.4 is 10.5 Å². The number of likely N-dealkylation sites (N-methyl/N-ethyl adjacent to an activating group) is 1. The van der Waals surface area contributed by atoms with E-state index in [-0.39, 0.29) is 25.7 Å². The van der Waals surface area contributed by atoms with Gasteiger partial charge in [0.25, 0.3) is 5.91 Å². The van der Waals surface area contributed by atoms with E-state index in [1.165, 1.54) is 19.3 Å². The molecule has 0 bridgehead atoms. The molecule has 1 rings (SSSR count). The largest absolute Gasteiger partial charge is 0.484 e. The first-order valence-corrected chi connectivity index (χ1v) is 8.35. The molecule has 134 valence electrons. The van der Waals surface area contributed by atoms with E-state index in [4.69, 9.17) is 15.2 Å². The monoisotopic (exact) mass is 336 g/mol. The van der Waals surface area contributed by atoms with Crippen LogP contribution in [0.5, 0.6) is 5.75 Å². The van der Waals surface area contributed by atoms with E-state index in [2.05, 4.69) is 6.92 Å². The molecule has 6 heteroatoms. The van der Waals surface area contributed by atoms with E-state index in [1.54, 1.807) is 18.2 Å². The number of carbonyl (C=O) groups is 2. The lowest BCUT2D eigenvalue weighted by atomic mass is 10.2. The fraction of sp³-hybridized carbons (Fsp3) is 0.556. The molecule has 0 saturated carbocycles. The molecule has 0 aliphatic carbocycles. The summed E-state index contributed by atoms with van der Waals surface area (Å²) in [5, 5.41) is 0. The van der Waals surface area contributed by atoms with Crippen molar-refractivity contribution in [2.75, 3.05) is 26.7 Å². The minimum absolute atomic E-state index is 0.175. The van der Waals surface area contributed by atoms with E-state index >= 15 is 0 Å². The number of carbonyl (C=O) groups excluding carboxylic acids is 2. The topological polar surface area (TPSA) is 81.9 Å². The van der Waals surface area contributed by atoms with Gasteiger partial charge in [0.1, 0.15) is 12.4 Å². The maximum Gasteiger partial charge on any atom is 0.320 e. The molecule has 0 aliphatic rings. The number of ether oxygens (including phenoxy) is 2. The third-order valence-corrected chi connectivity index (χ3v) is 3.47. The molecule has 0 aliphatic heterocycles. The van der Waals surface area contributed by atoms with Gasteiger partial charge in [-0.2, -0.15) is 0 Å². The van der Waals surface area contributed by atoms with Crippen molar-refractivity contribution in [1.29, 1.82) is 0 Å². The molecule has 1 amide bonds. The number of benzene rings is 1. The van der Waals surface area contributed by atoms with E-state index in [1.807, 2.05) is 18.0 Å². The fourth-order valence-corrected chi connectivity index (χ4v) is 2.20. The summed E-state index contributed by atoms with van der Waals surface area (Å²) >= 11 is 0. The third-order valence-electron chi connectivity index (χ3n) is 3.47. The van der Waals surface area contributed by atoms with Gasteiger partial charge in [-0.25, -0.2) is 0 Å². The molecule has 0 unspecified atom stereocenters. The number of nitrogens with two attached hydrogens (primary N) is 1. The highest BCUT2D eigenvalue weighted by molar-refractivity contribution is 5.75. The van der Waals surface area contributed by atoms with Gasteiger partial charge in [-0.1, -0.05) is 38.3 Å². The Balaban J connectivity index is 2.30. The Morgan fingerprint density at radius 1 is 1.21 bits per heavy atom. The Bertz CT molecular complexity index is 519. The highest BCUT2D eigenvalue weighted by atomic mass is 16.5. The SMILES string of the molecule is CCCCCCN(C)CC(=O)OCc1cccc(OCC(N)=O)c1. The number of unbranched alkanes of at least 4 members (excludes halogenated alkanes) is 3. The quantitative estimate of drug-likeness (QED) is 0.467. The van der Waals surface area contributed by atoms with Gasteiger partial charge in [0.05, 0.1) is 6.54 Å². The first-order valence-electron chi connectivity index (χ1n) is 8.35. The standard InChI is InChI=1S/C18H28N2O4/c1-3-4-5-6-10-20(2)12-18(22)24-13-15-8-7-9-16(11-15)23-14-17(19)21/h7-9,11H,3-6,10,12-14H2,1-2H3,(H2,19,21). The Morgan fingerprint density at radius 3 is 2.71 bits per heavy atom. The van der Waals surface area contributed by atoms with Gasteiger partial charge in [-0.15, -0.1) is 0 Å². The Labute approximate surface area is 143 Å². The van der Waals surface area contributed by atoms with Crippen LogP contribution in [0.2, 0.25) is 0 Å². The molecule has 0 aromatic heterocycles. The fourth-order valence-electron chi connectivity index (χ4n) is 2.20. The molecule has 0 radical (unpaired) electrons. The van der Waals surface area contributed by atoms with E-state index in [9.17, 15) is 9.59 Å². The maximum atomic E-state index is 11.9. The van der Waals surface area contributed by atoms with Crippen molar-refractivity contribution < 1.29 is 19.1 Å². The number of hydrogen-bond acceptors (Lipinski definition) is 5. The minimum atomic E-state index is -0.534. The number of hydrogen-bond donors (Lipinski definition) is 1. The van der Waals surface area contributed by atoms with Gasteiger partial charge in [-0.05, 0) is 37.7 Å². The molecule has 0 atom stereocenters. The van der Waals surface area contributed by atoms with Crippen LogP contribution in [0.1, 0.15) is 38.2 Å². The summed E-state index contributed by atoms with van der Waals surface area (Å²) in [5.41, 5.74) is 5.84. The van der Waals surface area contributed by atoms with Crippen LogP contribution in [0.15, 0.2) is 24.3 Å². The van der Waals surface area contributed by atoms with Crippen molar-refractivity contribution in [2.45, 2.75) is 39.2 Å². The zero-order valence-electron chi connectivity index (χ0n) is 14.6. The van der Waals surface area contributed by atoms with Crippen LogP contribution in [-0.2, 0) is 20.9 Å². The number of nitrogens with zero attached hydrogens (tertiary/aromatic N) is 1. The van der Waals surface area contributed by atoms with E-state index in [0.29, 0.717) is 5.75 Å². The average molecular weight is 336 g/mol. The smallest absolute Gasteiger partial charge is 0.320 e. The number of esters is 1. The highest BCUT2D eigenvalue weighted by Crippen LogP contribution is 2.14. The second-order valence-corrected chi connectivity index (χ2v) is 5.86. The normalized spacial score (nSPS) is 10.6. The molecule has 2 N–H and O–H groups in total. The van der Waals surface area contributed by atoms with Crippen LogP contribution in [0.3, 0.4) is 0 Å². The first kappa shape index (κ1) is 20.0. The first-order chi connectivity index (χ1) is 11.5. The lowest BCUT2D eigenvalue weighted by Gasteiger charge is -2.15. The third kappa shape index (κ3) is 9.15. The lowest BCUT2D eigenvalue weighted by Crippen LogP contribution is -2.28. The average Bonchev–Trinajstić information content (AvgIpc) is 2.55. The summed E-state index contributed by atoms with van der Waals surface area (Å²) in [4.78, 5) is 24.5. The van der Waals surface area contributed by atoms with Crippen molar-refractivity contribution in [3.05, 3.63) is 29.8 Å². The van der Waals surface area contributed by atoms with Crippen LogP contribution in [0.25, 0.3) is 0 Å². The summed E-state index contributed by atoms with van der Waals surface area (Å²) in [7, 11) is 1.92. The summed E-state index contributed by atoms with van der Waals surface area (Å²) in [6, 6.07) is 7.06. The molecule has 0 fully saturated rings. The molecule has 1 aromatic carbocycles. The predicted molar refractivity (Wildman–Crippen MR) is 92.6 cm³/mol. The van der Waals surface area contributed by atoms with Crippen molar-refractivity contribution in [3.8, 4) is 5.75 Å². The zero-order valence-corrected chi connectivity index (χ0v) is 14.6. The van der Waals surface area contributed by atoms with Gasteiger partial charge in [0.2, 0.25) is 0 Å². The van der Waals surface area contributed by atoms with Crippen LogP contribution in [0, 0.1) is 0 Å². The molecule has 0 spiro atoms. The van der Waals surface area contributed by atoms with Crippen LogP contribution in [-0.4, -0.2) is 43.5 Å². The van der Waals surface area contributed by atoms with Gasteiger partial charge in [0, 0.05) is 0 Å². The summed E-state index contributed by atoms with van der Waals surface area (Å²) in [6.07, 6.45) is 4.71. The molecule has 6 nitrogen and oxygen atoms in total. The Hall–Kier alpha value is -2.08. The maximum absolute atomic E-state index is 11.9.